The second-order valence-corrected chi connectivity index (χ2v) is 17.5. The van der Waals surface area contributed by atoms with Crippen molar-refractivity contribution in [2.24, 2.45) is 43.5 Å². The first-order chi connectivity index (χ1) is 28.1. The number of nitrogens with zero attached hydrogens (tertiary/aromatic N) is 6. The lowest BCUT2D eigenvalue weighted by molar-refractivity contribution is -0.124. The van der Waals surface area contributed by atoms with E-state index in [1.165, 1.54) is 25.7 Å². The summed E-state index contributed by atoms with van der Waals surface area (Å²) in [6, 6.07) is 11.3. The Morgan fingerprint density at radius 3 is 1.66 bits per heavy atom. The fraction of sp³-hybridized carbons (Fsp3) is 0.545. The minimum absolute atomic E-state index is 0. The molecule has 0 unspecified atom stereocenters. The Morgan fingerprint density at radius 2 is 1.20 bits per heavy atom. The molecule has 2 aromatic heterocycles. The van der Waals surface area contributed by atoms with Crippen LogP contribution in [0.5, 0.6) is 0 Å². The Morgan fingerprint density at radius 1 is 0.729 bits per heavy atom. The lowest BCUT2D eigenvalue weighted by atomic mass is 9.81. The highest BCUT2D eigenvalue weighted by Gasteiger charge is 2.35. The number of nitrogens with two attached hydrogens (primary N) is 1. The first kappa shape index (κ1) is 44.7. The Bertz CT molecular complexity index is 2040. The Balaban J connectivity index is 0.000000199. The summed E-state index contributed by atoms with van der Waals surface area (Å²) in [5.74, 6) is 3.60. The molecule has 4 aromatic rings. The zero-order chi connectivity index (χ0) is 40.8. The smallest absolute Gasteiger partial charge is 0.230 e. The molecule has 320 valence electrons. The molecular formula is C44H61Cl3N10O2. The van der Waals surface area contributed by atoms with Gasteiger partial charge in [-0.1, -0.05) is 49.4 Å². The lowest BCUT2D eigenvalue weighted by Crippen LogP contribution is -2.38. The van der Waals surface area contributed by atoms with Crippen LogP contribution in [0.15, 0.2) is 48.8 Å². The minimum atomic E-state index is 0. The predicted molar refractivity (Wildman–Crippen MR) is 242 cm³/mol. The van der Waals surface area contributed by atoms with Crippen LogP contribution in [-0.2, 0) is 36.8 Å². The summed E-state index contributed by atoms with van der Waals surface area (Å²) < 4.78 is 3.61. The molecule has 2 fully saturated rings. The molecule has 0 atom stereocenters. The predicted octanol–water partition coefficient (Wildman–Crippen LogP) is 9.49. The lowest BCUT2D eigenvalue weighted by Gasteiger charge is -2.32. The molecule has 59 heavy (non-hydrogen) atoms. The van der Waals surface area contributed by atoms with Gasteiger partial charge in [-0.15, -0.1) is 12.4 Å². The Hall–Kier alpha value is -3.81. The van der Waals surface area contributed by atoms with Gasteiger partial charge in [0, 0.05) is 47.1 Å². The van der Waals surface area contributed by atoms with E-state index < -0.39 is 0 Å². The monoisotopic (exact) mass is 866 g/mol. The van der Waals surface area contributed by atoms with Crippen molar-refractivity contribution in [3.05, 3.63) is 70.0 Å². The number of nitrogens with one attached hydrogen (secondary N) is 3. The van der Waals surface area contributed by atoms with E-state index in [0.29, 0.717) is 35.0 Å². The molecule has 2 aromatic carbocycles. The van der Waals surface area contributed by atoms with E-state index in [4.69, 9.17) is 28.9 Å². The van der Waals surface area contributed by atoms with E-state index in [-0.39, 0.29) is 36.1 Å². The molecule has 15 heteroatoms. The number of carbonyl (C=O) groups is 2. The van der Waals surface area contributed by atoms with Gasteiger partial charge in [-0.25, -0.2) is 0 Å². The number of hydrogen-bond donors (Lipinski definition) is 4. The molecular weight excluding hydrogens is 807 g/mol. The maximum atomic E-state index is 13.7. The summed E-state index contributed by atoms with van der Waals surface area (Å²) in [6.07, 6.45) is 16.9. The minimum Gasteiger partial charge on any atom is -0.338 e. The number of amides is 2. The number of unbranched alkanes of at least 4 members (excludes halogenated alkanes) is 3. The number of carbonyl (C=O) groups excluding carboxylic acids is 2. The van der Waals surface area contributed by atoms with E-state index in [0.717, 1.165) is 117 Å². The van der Waals surface area contributed by atoms with Crippen LogP contribution < -0.4 is 31.5 Å². The Labute approximate surface area is 365 Å². The second-order valence-electron chi connectivity index (χ2n) is 16.6. The maximum Gasteiger partial charge on any atom is 0.230 e. The third-order valence-electron chi connectivity index (χ3n) is 12.6. The van der Waals surface area contributed by atoms with Crippen molar-refractivity contribution in [1.29, 1.82) is 0 Å². The molecule has 5 N–H and O–H groups in total. The summed E-state index contributed by atoms with van der Waals surface area (Å²) in [6.45, 7) is 6.21. The average molecular weight is 868 g/mol. The Kier molecular flexibility index (Phi) is 15.6. The number of benzene rings is 2. The zero-order valence-electron chi connectivity index (χ0n) is 34.7. The fourth-order valence-electron chi connectivity index (χ4n) is 9.05. The first-order valence-corrected chi connectivity index (χ1v) is 22.1. The average Bonchev–Trinajstić information content (AvgIpc) is 3.63. The second kappa shape index (κ2) is 20.6. The molecule has 0 radical (unpaired) electrons. The molecule has 0 bridgehead atoms. The molecule has 0 spiro atoms. The van der Waals surface area contributed by atoms with Gasteiger partial charge < -0.3 is 31.5 Å². The van der Waals surface area contributed by atoms with Gasteiger partial charge in [0.25, 0.3) is 0 Å². The summed E-state index contributed by atoms with van der Waals surface area (Å²) in [7, 11) is 3.80. The van der Waals surface area contributed by atoms with Gasteiger partial charge in [0.1, 0.15) is 11.6 Å². The van der Waals surface area contributed by atoms with Gasteiger partial charge in [-0.05, 0) is 126 Å². The van der Waals surface area contributed by atoms with Crippen molar-refractivity contribution >= 4 is 81.8 Å². The first-order valence-electron chi connectivity index (χ1n) is 21.3. The van der Waals surface area contributed by atoms with E-state index in [1.807, 2.05) is 77.4 Å². The topological polar surface area (TPSA) is 138 Å². The van der Waals surface area contributed by atoms with Crippen LogP contribution in [0.3, 0.4) is 0 Å². The summed E-state index contributed by atoms with van der Waals surface area (Å²) >= 11 is 12.5. The van der Waals surface area contributed by atoms with Crippen LogP contribution in [0.4, 0.5) is 34.4 Å². The third kappa shape index (κ3) is 10.6. The molecule has 12 nitrogen and oxygen atoms in total. The maximum absolute atomic E-state index is 13.7. The van der Waals surface area contributed by atoms with Gasteiger partial charge in [-0.3, -0.25) is 19.0 Å². The van der Waals surface area contributed by atoms with E-state index in [2.05, 4.69) is 33.1 Å². The highest BCUT2D eigenvalue weighted by Crippen LogP contribution is 2.41. The largest absolute Gasteiger partial charge is 0.338 e. The van der Waals surface area contributed by atoms with Crippen LogP contribution in [0.25, 0.3) is 0 Å². The van der Waals surface area contributed by atoms with Crippen LogP contribution >= 0.6 is 35.6 Å². The van der Waals surface area contributed by atoms with E-state index in [1.54, 1.807) is 4.68 Å². The number of anilines is 6. The van der Waals surface area contributed by atoms with Crippen LogP contribution in [0, 0.1) is 23.7 Å². The molecule has 2 aliphatic carbocycles. The van der Waals surface area contributed by atoms with Gasteiger partial charge in [-0.2, -0.15) is 10.2 Å². The summed E-state index contributed by atoms with van der Waals surface area (Å²) in [5.41, 5.74) is 11.3. The third-order valence-corrected chi connectivity index (χ3v) is 13.1. The van der Waals surface area contributed by atoms with Crippen molar-refractivity contribution in [3.8, 4) is 0 Å². The van der Waals surface area contributed by atoms with E-state index >= 15 is 0 Å². The van der Waals surface area contributed by atoms with Crippen LogP contribution in [0.1, 0.15) is 95.1 Å². The summed E-state index contributed by atoms with van der Waals surface area (Å²) in [5, 5.41) is 20.5. The molecule has 8 rings (SSSR count). The molecule has 0 saturated heterocycles. The van der Waals surface area contributed by atoms with Crippen LogP contribution in [-0.4, -0.2) is 51.0 Å². The number of hydrogen-bond acceptors (Lipinski definition) is 8. The van der Waals surface area contributed by atoms with Gasteiger partial charge in [0.05, 0.1) is 48.2 Å². The number of aryl methyl sites for hydroxylation is 2. The SMILES string of the molecule is CCCCCCNCC1CCC(C(=O)N2Cc3cnn(C)c3Nc3cc(Cl)ccc32)CC1.Cl.Cn1ncc2c1Nc1cc(Cl)ccc1N(C(=O)C1CCC(CN)CC1)C2. The van der Waals surface area contributed by atoms with Crippen molar-refractivity contribution in [1.82, 2.24) is 24.9 Å². The number of fused-ring (bicyclic) bond motifs is 4. The van der Waals surface area contributed by atoms with E-state index in [9.17, 15) is 9.59 Å². The quantitative estimate of drug-likeness (QED) is 0.116. The number of aromatic nitrogens is 4. The number of halogens is 3. The summed E-state index contributed by atoms with van der Waals surface area (Å²) in [4.78, 5) is 30.9. The van der Waals surface area contributed by atoms with Gasteiger partial charge in [0.2, 0.25) is 11.8 Å². The van der Waals surface area contributed by atoms with Crippen molar-refractivity contribution < 1.29 is 9.59 Å². The van der Waals surface area contributed by atoms with Crippen molar-refractivity contribution in [2.75, 3.05) is 40.1 Å². The van der Waals surface area contributed by atoms with Crippen molar-refractivity contribution in [2.45, 2.75) is 97.1 Å². The van der Waals surface area contributed by atoms with Gasteiger partial charge >= 0.3 is 0 Å². The molecule has 2 amide bonds. The van der Waals surface area contributed by atoms with Crippen molar-refractivity contribution in [3.63, 3.8) is 0 Å². The zero-order valence-corrected chi connectivity index (χ0v) is 37.0. The fourth-order valence-corrected chi connectivity index (χ4v) is 9.39. The molecule has 2 saturated carbocycles. The highest BCUT2D eigenvalue weighted by atomic mass is 35.5. The normalized spacial score (nSPS) is 20.8. The molecule has 2 aliphatic heterocycles. The van der Waals surface area contributed by atoms with Crippen LogP contribution in [0.2, 0.25) is 10.0 Å². The standard InChI is InChI=1S/C25H36ClN5O.C19H24ClN5O.ClH/c1-3-4-5-6-13-27-15-18-7-9-19(10-8-18)25(32)31-17-20-16-28-30(2)24(20)29-22-14-21(26)11-12-23(22)31;1-24-18-14(10-22-24)11-25(17-7-6-15(20)8-16(17)23-18)19(26)13-4-2-12(9-21)3-5-13;/h11-12,14,16,18-19,27,29H,3-10,13,15,17H2,1-2H3;6-8,10,12-13,23H,2-5,9,11,21H2,1H3;1H. The molecule has 4 heterocycles. The van der Waals surface area contributed by atoms with Gasteiger partial charge in [0.15, 0.2) is 0 Å². The highest BCUT2D eigenvalue weighted by molar-refractivity contribution is 6.31. The molecule has 4 aliphatic rings. The number of rotatable bonds is 10.